The summed E-state index contributed by atoms with van der Waals surface area (Å²) in [4.78, 5) is 0. The van der Waals surface area contributed by atoms with E-state index < -0.39 is 0 Å². The van der Waals surface area contributed by atoms with Gasteiger partial charge in [-0.05, 0) is 44.1 Å². The van der Waals surface area contributed by atoms with Crippen molar-refractivity contribution >= 4 is 0 Å². The average molecular weight is 227 g/mol. The van der Waals surface area contributed by atoms with Crippen molar-refractivity contribution in [2.45, 2.75) is 34.6 Å². The van der Waals surface area contributed by atoms with Crippen LogP contribution in [0.25, 0.3) is 0 Å². The molecule has 1 aliphatic carbocycles. The highest BCUT2D eigenvalue weighted by atomic mass is 14.6. The number of nitrogens with two attached hydrogens (primary N) is 1. The summed E-state index contributed by atoms with van der Waals surface area (Å²) in [5.74, 6) is 2.54. The molecule has 1 rings (SSSR count). The highest BCUT2D eigenvalue weighted by molar-refractivity contribution is 5.66. The quantitative estimate of drug-likeness (QED) is 0.679. The Morgan fingerprint density at radius 1 is 1.41 bits per heavy atom. The van der Waals surface area contributed by atoms with Crippen LogP contribution in [0.5, 0.6) is 0 Å². The number of rotatable bonds is 1. The maximum atomic E-state index is 6.03. The molecule has 0 saturated heterocycles. The normalized spacial score (nSPS) is 24.6. The third-order valence-corrected chi connectivity index (χ3v) is 3.58. The minimum Gasteiger partial charge on any atom is -0.402 e. The Hall–Kier alpha value is -1.68. The zero-order valence-corrected chi connectivity index (χ0v) is 11.4. The van der Waals surface area contributed by atoms with Gasteiger partial charge >= 0.3 is 0 Å². The van der Waals surface area contributed by atoms with Crippen LogP contribution in [0.1, 0.15) is 34.6 Å². The number of hydrogen-bond donors (Lipinski definition) is 1. The van der Waals surface area contributed by atoms with Gasteiger partial charge in [-0.1, -0.05) is 31.4 Å². The minimum absolute atomic E-state index is 0.0268. The van der Waals surface area contributed by atoms with Crippen LogP contribution in [0.4, 0.5) is 0 Å². The Labute approximate surface area is 105 Å². The molecule has 2 N–H and O–H groups in total. The second-order valence-corrected chi connectivity index (χ2v) is 4.92. The van der Waals surface area contributed by atoms with Gasteiger partial charge in [-0.3, -0.25) is 0 Å². The standard InChI is InChI=1S/C16H21N/c1-7-9-10-13-11(3)16(5,6)14(8-2)15(13)12(4)17/h1,8-10H,17H2,2-6H3/b10-9-,14-8+,15-12+. The van der Waals surface area contributed by atoms with Gasteiger partial charge in [0.2, 0.25) is 0 Å². The largest absolute Gasteiger partial charge is 0.402 e. The van der Waals surface area contributed by atoms with Crippen molar-refractivity contribution in [3.05, 3.63) is 46.2 Å². The second kappa shape index (κ2) is 4.67. The first-order valence-electron chi connectivity index (χ1n) is 5.85. The molecule has 0 spiro atoms. The van der Waals surface area contributed by atoms with Gasteiger partial charge in [0.25, 0.3) is 0 Å². The molecule has 0 heterocycles. The van der Waals surface area contributed by atoms with Crippen molar-refractivity contribution in [2.75, 3.05) is 0 Å². The van der Waals surface area contributed by atoms with E-state index >= 15 is 0 Å². The summed E-state index contributed by atoms with van der Waals surface area (Å²) in [7, 11) is 0. The molecule has 0 bridgehead atoms. The summed E-state index contributed by atoms with van der Waals surface area (Å²) in [5, 5.41) is 0. The van der Waals surface area contributed by atoms with Crippen molar-refractivity contribution in [1.29, 1.82) is 0 Å². The van der Waals surface area contributed by atoms with Gasteiger partial charge in [0.15, 0.2) is 0 Å². The van der Waals surface area contributed by atoms with Gasteiger partial charge in [-0.15, -0.1) is 6.42 Å². The second-order valence-electron chi connectivity index (χ2n) is 4.92. The van der Waals surface area contributed by atoms with Crippen LogP contribution in [0.3, 0.4) is 0 Å². The molecule has 0 amide bonds. The van der Waals surface area contributed by atoms with E-state index in [1.54, 1.807) is 6.08 Å². The zero-order chi connectivity index (χ0) is 13.2. The molecule has 0 aliphatic heterocycles. The molecule has 1 nitrogen and oxygen atoms in total. The monoisotopic (exact) mass is 227 g/mol. The molecule has 17 heavy (non-hydrogen) atoms. The van der Waals surface area contributed by atoms with Crippen molar-refractivity contribution < 1.29 is 0 Å². The van der Waals surface area contributed by atoms with Crippen LogP contribution in [-0.2, 0) is 0 Å². The SMILES string of the molecule is C#C/C=C\C1=C(C)C(C)(C)C(=C/C)/C1=C(\C)N. The first-order chi connectivity index (χ1) is 7.87. The lowest BCUT2D eigenvalue weighted by molar-refractivity contribution is 0.563. The Morgan fingerprint density at radius 2 is 2.00 bits per heavy atom. The fourth-order valence-electron chi connectivity index (χ4n) is 2.45. The summed E-state index contributed by atoms with van der Waals surface area (Å²) in [6.07, 6.45) is 11.1. The topological polar surface area (TPSA) is 26.0 Å². The summed E-state index contributed by atoms with van der Waals surface area (Å²) in [5.41, 5.74) is 11.8. The predicted molar refractivity (Wildman–Crippen MR) is 75.1 cm³/mol. The van der Waals surface area contributed by atoms with Gasteiger partial charge in [-0.25, -0.2) is 0 Å². The molecule has 0 fully saturated rings. The summed E-state index contributed by atoms with van der Waals surface area (Å²) < 4.78 is 0. The van der Waals surface area contributed by atoms with Crippen LogP contribution in [0, 0.1) is 17.8 Å². The molecule has 1 aliphatic rings. The van der Waals surface area contributed by atoms with Crippen LogP contribution in [-0.4, -0.2) is 0 Å². The smallest absolute Gasteiger partial charge is 0.0131 e. The summed E-state index contributed by atoms with van der Waals surface area (Å²) in [6, 6.07) is 0. The number of allylic oxidation sites excluding steroid dienone is 8. The van der Waals surface area contributed by atoms with Gasteiger partial charge in [0.05, 0.1) is 0 Å². The minimum atomic E-state index is 0.0268. The fourth-order valence-corrected chi connectivity index (χ4v) is 2.45. The van der Waals surface area contributed by atoms with Gasteiger partial charge in [0, 0.05) is 16.7 Å². The highest BCUT2D eigenvalue weighted by Crippen LogP contribution is 2.50. The molecule has 0 atom stereocenters. The Morgan fingerprint density at radius 3 is 2.41 bits per heavy atom. The van der Waals surface area contributed by atoms with Crippen molar-refractivity contribution in [2.24, 2.45) is 11.1 Å². The van der Waals surface area contributed by atoms with E-state index in [-0.39, 0.29) is 5.41 Å². The Kier molecular flexibility index (Phi) is 3.68. The van der Waals surface area contributed by atoms with Gasteiger partial charge in [-0.2, -0.15) is 0 Å². The lowest BCUT2D eigenvalue weighted by Gasteiger charge is -2.23. The van der Waals surface area contributed by atoms with E-state index in [2.05, 4.69) is 39.7 Å². The molecule has 0 aromatic heterocycles. The lowest BCUT2D eigenvalue weighted by Crippen LogP contribution is -2.12. The summed E-state index contributed by atoms with van der Waals surface area (Å²) in [6.45, 7) is 10.6. The molecule has 0 aromatic rings. The fraction of sp³-hybridized carbons (Fsp3) is 0.375. The van der Waals surface area contributed by atoms with Crippen molar-refractivity contribution in [1.82, 2.24) is 0 Å². The van der Waals surface area contributed by atoms with Crippen LogP contribution in [0.15, 0.2) is 46.2 Å². The van der Waals surface area contributed by atoms with Crippen LogP contribution < -0.4 is 5.73 Å². The van der Waals surface area contributed by atoms with Crippen molar-refractivity contribution in [3.8, 4) is 12.3 Å². The van der Waals surface area contributed by atoms with Crippen LogP contribution >= 0.6 is 0 Å². The van der Waals surface area contributed by atoms with Crippen molar-refractivity contribution in [3.63, 3.8) is 0 Å². The van der Waals surface area contributed by atoms with E-state index in [1.807, 2.05) is 13.0 Å². The maximum Gasteiger partial charge on any atom is 0.0131 e. The third kappa shape index (κ3) is 2.08. The first-order valence-corrected chi connectivity index (χ1v) is 5.85. The molecule has 0 saturated carbocycles. The first kappa shape index (κ1) is 13.4. The molecule has 0 radical (unpaired) electrons. The van der Waals surface area contributed by atoms with E-state index in [1.165, 1.54) is 16.7 Å². The zero-order valence-electron chi connectivity index (χ0n) is 11.4. The molecule has 0 unspecified atom stereocenters. The van der Waals surface area contributed by atoms with E-state index in [0.717, 1.165) is 11.3 Å². The molecule has 0 aromatic carbocycles. The maximum absolute atomic E-state index is 6.03. The third-order valence-electron chi connectivity index (χ3n) is 3.58. The predicted octanol–water partition coefficient (Wildman–Crippen LogP) is 3.71. The van der Waals surface area contributed by atoms with E-state index in [4.69, 9.17) is 12.2 Å². The molecule has 90 valence electrons. The molecular weight excluding hydrogens is 206 g/mol. The van der Waals surface area contributed by atoms with Gasteiger partial charge in [0.1, 0.15) is 0 Å². The summed E-state index contributed by atoms with van der Waals surface area (Å²) >= 11 is 0. The molecule has 1 heteroatoms. The van der Waals surface area contributed by atoms with E-state index in [9.17, 15) is 0 Å². The highest BCUT2D eigenvalue weighted by Gasteiger charge is 2.37. The van der Waals surface area contributed by atoms with Crippen LogP contribution in [0.2, 0.25) is 0 Å². The Bertz CT molecular complexity index is 484. The Balaban J connectivity index is 3.55. The molecular formula is C16H21N. The number of terminal acetylenes is 1. The van der Waals surface area contributed by atoms with E-state index in [0.29, 0.717) is 0 Å². The van der Waals surface area contributed by atoms with Gasteiger partial charge < -0.3 is 5.73 Å². The lowest BCUT2D eigenvalue weighted by atomic mass is 9.81. The number of hydrogen-bond acceptors (Lipinski definition) is 1. The average Bonchev–Trinajstić information content (AvgIpc) is 2.45.